The Morgan fingerprint density at radius 3 is 2.38 bits per heavy atom. The van der Waals surface area contributed by atoms with Crippen molar-refractivity contribution in [2.45, 2.75) is 19.1 Å². The molecule has 8 heavy (non-hydrogen) atoms. The second-order valence-corrected chi connectivity index (χ2v) is 3.83. The van der Waals surface area contributed by atoms with Gasteiger partial charge in [0.2, 0.25) is 0 Å². The van der Waals surface area contributed by atoms with Gasteiger partial charge in [-0.15, -0.1) is 0 Å². The van der Waals surface area contributed by atoms with Gasteiger partial charge in [0.25, 0.3) is 0 Å². The number of hydrogen-bond acceptors (Lipinski definition) is 1. The zero-order valence-corrected chi connectivity index (χ0v) is 6.12. The molecule has 0 saturated heterocycles. The van der Waals surface area contributed by atoms with Crippen molar-refractivity contribution >= 4 is 11.2 Å². The molecule has 0 aromatic carbocycles. The largest absolute Gasteiger partial charge is 0.616 e. The molecule has 2 nitrogen and oxygen atoms in total. The van der Waals surface area contributed by atoms with Crippen molar-refractivity contribution in [3.63, 3.8) is 0 Å². The molecular weight excluding hydrogens is 122 g/mol. The van der Waals surface area contributed by atoms with E-state index in [9.17, 15) is 4.55 Å². The highest BCUT2D eigenvalue weighted by molar-refractivity contribution is 7.91. The Morgan fingerprint density at radius 1 is 1.75 bits per heavy atom. The summed E-state index contributed by atoms with van der Waals surface area (Å²) in [5.41, 5.74) is 6.85. The molecule has 0 saturated carbocycles. The highest BCUT2D eigenvalue weighted by Crippen LogP contribution is 1.98. The van der Waals surface area contributed by atoms with Gasteiger partial charge < -0.3 is 4.55 Å². The predicted octanol–water partition coefficient (Wildman–Crippen LogP) is 0.426. The van der Waals surface area contributed by atoms with Gasteiger partial charge in [0.05, 0.1) is 6.54 Å². The van der Waals surface area contributed by atoms with E-state index in [2.05, 4.69) is 0 Å². The summed E-state index contributed by atoms with van der Waals surface area (Å²) in [5, 5.41) is 0.0556. The lowest BCUT2D eigenvalue weighted by Gasteiger charge is -2.13. The quantitative estimate of drug-likeness (QED) is 0.516. The molecule has 2 unspecified atom stereocenters. The summed E-state index contributed by atoms with van der Waals surface area (Å²) >= 11 is -0.759. The smallest absolute Gasteiger partial charge is 0.126 e. The van der Waals surface area contributed by atoms with Crippen molar-refractivity contribution in [3.8, 4) is 0 Å². The fourth-order valence-corrected chi connectivity index (χ4v) is 1.13. The van der Waals surface area contributed by atoms with E-state index in [1.165, 1.54) is 0 Å². The average Bonchev–Trinajstić information content (AvgIpc) is 1.84. The number of rotatable bonds is 3. The monoisotopic (exact) mass is 134 g/mol. The SMILES string of the molecule is CC[S+]([O-])C(C)C[NH]. The van der Waals surface area contributed by atoms with E-state index in [0.29, 0.717) is 5.75 Å². The van der Waals surface area contributed by atoms with E-state index in [4.69, 9.17) is 5.73 Å². The summed E-state index contributed by atoms with van der Waals surface area (Å²) in [5.74, 6) is 0.681. The van der Waals surface area contributed by atoms with Gasteiger partial charge in [-0.25, -0.2) is 0 Å². The van der Waals surface area contributed by atoms with Crippen molar-refractivity contribution in [1.82, 2.24) is 5.73 Å². The number of nitrogens with one attached hydrogen (secondary N) is 1. The molecule has 0 bridgehead atoms. The fraction of sp³-hybridized carbons (Fsp3) is 1.00. The molecule has 0 aromatic rings. The van der Waals surface area contributed by atoms with Gasteiger partial charge in [-0.2, -0.15) is 0 Å². The van der Waals surface area contributed by atoms with Gasteiger partial charge in [-0.3, -0.25) is 5.73 Å². The standard InChI is InChI=1S/C5H12NOS/c1-3-8(7)5(2)4-6/h5-6H,3-4H2,1-2H3. The zero-order chi connectivity index (χ0) is 6.57. The second-order valence-electron chi connectivity index (χ2n) is 1.68. The van der Waals surface area contributed by atoms with E-state index in [0.717, 1.165) is 0 Å². The van der Waals surface area contributed by atoms with E-state index in [1.54, 1.807) is 0 Å². The van der Waals surface area contributed by atoms with Crippen LogP contribution in [0.1, 0.15) is 13.8 Å². The van der Waals surface area contributed by atoms with Crippen LogP contribution in [0, 0.1) is 0 Å². The van der Waals surface area contributed by atoms with Crippen LogP contribution in [0.2, 0.25) is 0 Å². The van der Waals surface area contributed by atoms with Crippen molar-refractivity contribution in [2.24, 2.45) is 0 Å². The second kappa shape index (κ2) is 4.18. The first-order chi connectivity index (χ1) is 3.72. The molecule has 0 aliphatic heterocycles. The van der Waals surface area contributed by atoms with Crippen molar-refractivity contribution in [3.05, 3.63) is 0 Å². The van der Waals surface area contributed by atoms with Crippen LogP contribution in [0.5, 0.6) is 0 Å². The Kier molecular flexibility index (Phi) is 4.32. The Labute approximate surface area is 53.6 Å². The minimum atomic E-state index is -0.759. The topological polar surface area (TPSA) is 46.9 Å². The highest BCUT2D eigenvalue weighted by Gasteiger charge is 2.11. The molecule has 0 rings (SSSR count). The third kappa shape index (κ3) is 2.55. The Balaban J connectivity index is 3.29. The third-order valence-corrected chi connectivity index (χ3v) is 2.65. The highest BCUT2D eigenvalue weighted by atomic mass is 32.2. The van der Waals surface area contributed by atoms with E-state index in [1.807, 2.05) is 13.8 Å². The van der Waals surface area contributed by atoms with Gasteiger partial charge in [0, 0.05) is 0 Å². The first-order valence-electron chi connectivity index (χ1n) is 2.74. The van der Waals surface area contributed by atoms with Gasteiger partial charge in [0.15, 0.2) is 0 Å². The van der Waals surface area contributed by atoms with E-state index >= 15 is 0 Å². The lowest BCUT2D eigenvalue weighted by Crippen LogP contribution is -2.23. The van der Waals surface area contributed by atoms with E-state index in [-0.39, 0.29) is 11.8 Å². The van der Waals surface area contributed by atoms with Crippen LogP contribution >= 0.6 is 0 Å². The van der Waals surface area contributed by atoms with Crippen LogP contribution in [0.4, 0.5) is 0 Å². The maximum Gasteiger partial charge on any atom is 0.126 e. The Morgan fingerprint density at radius 2 is 2.25 bits per heavy atom. The Bertz CT molecular complexity index is 52.4. The van der Waals surface area contributed by atoms with Crippen LogP contribution in [0.25, 0.3) is 0 Å². The summed E-state index contributed by atoms with van der Waals surface area (Å²) in [7, 11) is 0. The molecule has 0 aliphatic carbocycles. The molecular formula is C5H12NOS. The summed E-state index contributed by atoms with van der Waals surface area (Å²) in [6.45, 7) is 4.00. The number of hydrogen-bond donors (Lipinski definition) is 0. The molecule has 1 radical (unpaired) electrons. The summed E-state index contributed by atoms with van der Waals surface area (Å²) in [4.78, 5) is 0. The van der Waals surface area contributed by atoms with Gasteiger partial charge in [0.1, 0.15) is 11.0 Å². The first kappa shape index (κ1) is 8.27. The van der Waals surface area contributed by atoms with Gasteiger partial charge in [-0.05, 0) is 25.0 Å². The van der Waals surface area contributed by atoms with Crippen LogP contribution < -0.4 is 5.73 Å². The molecule has 0 heterocycles. The van der Waals surface area contributed by atoms with Crippen LogP contribution in [0.15, 0.2) is 0 Å². The van der Waals surface area contributed by atoms with Gasteiger partial charge in [-0.1, -0.05) is 0 Å². The molecule has 0 amide bonds. The molecule has 1 N–H and O–H groups in total. The Hall–Kier alpha value is 0.270. The van der Waals surface area contributed by atoms with E-state index < -0.39 is 11.2 Å². The normalized spacial score (nSPS) is 18.0. The zero-order valence-electron chi connectivity index (χ0n) is 5.31. The van der Waals surface area contributed by atoms with Crippen LogP contribution in [-0.2, 0) is 11.2 Å². The summed E-state index contributed by atoms with van der Waals surface area (Å²) < 4.78 is 10.7. The molecule has 49 valence electrons. The van der Waals surface area contributed by atoms with Crippen molar-refractivity contribution < 1.29 is 4.55 Å². The summed E-state index contributed by atoms with van der Waals surface area (Å²) in [6, 6.07) is 0. The molecule has 0 aliphatic rings. The lowest BCUT2D eigenvalue weighted by atomic mass is 10.5. The lowest BCUT2D eigenvalue weighted by molar-refractivity contribution is 0.583. The molecule has 0 fully saturated rings. The predicted molar refractivity (Wildman–Crippen MR) is 36.1 cm³/mol. The van der Waals surface area contributed by atoms with Gasteiger partial charge >= 0.3 is 0 Å². The molecule has 2 atom stereocenters. The fourth-order valence-electron chi connectivity index (χ4n) is 0.377. The molecule has 3 heteroatoms. The minimum Gasteiger partial charge on any atom is -0.616 e. The third-order valence-electron chi connectivity index (χ3n) is 1.02. The molecule has 0 spiro atoms. The van der Waals surface area contributed by atoms with Crippen molar-refractivity contribution in [1.29, 1.82) is 0 Å². The maximum absolute atomic E-state index is 10.7. The first-order valence-corrected chi connectivity index (χ1v) is 4.12. The van der Waals surface area contributed by atoms with Crippen LogP contribution in [0.3, 0.4) is 0 Å². The van der Waals surface area contributed by atoms with Crippen molar-refractivity contribution in [2.75, 3.05) is 12.3 Å². The average molecular weight is 134 g/mol. The maximum atomic E-state index is 10.7. The molecule has 0 aromatic heterocycles. The minimum absolute atomic E-state index is 0.0556. The van der Waals surface area contributed by atoms with Crippen LogP contribution in [-0.4, -0.2) is 22.1 Å². The summed E-state index contributed by atoms with van der Waals surface area (Å²) in [6.07, 6.45) is 0.